The van der Waals surface area contributed by atoms with Crippen LogP contribution in [0, 0.1) is 0 Å². The van der Waals surface area contributed by atoms with Crippen LogP contribution < -0.4 is 4.90 Å². The van der Waals surface area contributed by atoms with E-state index in [0.29, 0.717) is 6.54 Å². The van der Waals surface area contributed by atoms with E-state index >= 15 is 0 Å². The second-order valence-electron chi connectivity index (χ2n) is 2.54. The van der Waals surface area contributed by atoms with Gasteiger partial charge in [-0.2, -0.15) is 0 Å². The predicted octanol–water partition coefficient (Wildman–Crippen LogP) is 1.70. The number of hydrogen-bond acceptors (Lipinski definition) is 1. The number of benzene rings is 1. The third-order valence-corrected chi connectivity index (χ3v) is 1.76. The van der Waals surface area contributed by atoms with Gasteiger partial charge in [0, 0.05) is 11.9 Å². The first-order valence-corrected chi connectivity index (χ1v) is 3.77. The molecule has 0 aliphatic carbocycles. The number of nitrogens with zero attached hydrogens (tertiary/aromatic N) is 2. The molecule has 0 saturated heterocycles. The van der Waals surface area contributed by atoms with E-state index in [1.54, 1.807) is 11.1 Å². The molecule has 1 heterocycles. The van der Waals surface area contributed by atoms with Crippen LogP contribution in [0.4, 0.5) is 10.5 Å². The molecule has 3 heteroatoms. The number of aliphatic imine (C=N–C) groups is 1. The third kappa shape index (κ3) is 1.09. The molecule has 0 fully saturated rings. The average molecular weight is 160 g/mol. The monoisotopic (exact) mass is 160 g/mol. The van der Waals surface area contributed by atoms with Crippen molar-refractivity contribution in [2.75, 3.05) is 11.4 Å². The quantitative estimate of drug-likeness (QED) is 0.615. The molecule has 1 aliphatic heterocycles. The van der Waals surface area contributed by atoms with E-state index in [-0.39, 0.29) is 6.03 Å². The van der Waals surface area contributed by atoms with Gasteiger partial charge in [-0.15, -0.1) is 0 Å². The van der Waals surface area contributed by atoms with Crippen molar-refractivity contribution in [3.8, 4) is 0 Å². The van der Waals surface area contributed by atoms with Crippen LogP contribution in [0.2, 0.25) is 0 Å². The van der Waals surface area contributed by atoms with Gasteiger partial charge in [0.2, 0.25) is 0 Å². The SMILES string of the molecule is O=C1N=CCN1c1ccccc1. The van der Waals surface area contributed by atoms with Crippen molar-refractivity contribution in [3.63, 3.8) is 0 Å². The van der Waals surface area contributed by atoms with Gasteiger partial charge >= 0.3 is 6.03 Å². The Hall–Kier alpha value is -1.64. The van der Waals surface area contributed by atoms with E-state index in [1.807, 2.05) is 30.3 Å². The molecular weight excluding hydrogens is 152 g/mol. The minimum absolute atomic E-state index is 0.179. The molecule has 0 radical (unpaired) electrons. The molecule has 2 rings (SSSR count). The Kier molecular flexibility index (Phi) is 1.63. The van der Waals surface area contributed by atoms with Gasteiger partial charge in [-0.05, 0) is 12.1 Å². The maximum absolute atomic E-state index is 11.1. The summed E-state index contributed by atoms with van der Waals surface area (Å²) in [6, 6.07) is 9.34. The molecule has 0 saturated carbocycles. The number of amides is 2. The van der Waals surface area contributed by atoms with Crippen molar-refractivity contribution in [1.82, 2.24) is 0 Å². The number of urea groups is 1. The van der Waals surface area contributed by atoms with Gasteiger partial charge in [0.15, 0.2) is 0 Å². The first kappa shape index (κ1) is 7.03. The van der Waals surface area contributed by atoms with Crippen LogP contribution in [0.1, 0.15) is 0 Å². The summed E-state index contributed by atoms with van der Waals surface area (Å²) in [4.78, 5) is 16.4. The van der Waals surface area contributed by atoms with Crippen LogP contribution in [0.15, 0.2) is 35.3 Å². The zero-order valence-corrected chi connectivity index (χ0v) is 6.47. The van der Waals surface area contributed by atoms with Crippen LogP contribution >= 0.6 is 0 Å². The van der Waals surface area contributed by atoms with Gasteiger partial charge < -0.3 is 0 Å². The molecular formula is C9H8N2O. The van der Waals surface area contributed by atoms with E-state index in [1.165, 1.54) is 0 Å². The van der Waals surface area contributed by atoms with Crippen molar-refractivity contribution >= 4 is 17.9 Å². The second kappa shape index (κ2) is 2.77. The fraction of sp³-hybridized carbons (Fsp3) is 0.111. The molecule has 0 unspecified atom stereocenters. The highest BCUT2D eigenvalue weighted by Gasteiger charge is 2.16. The fourth-order valence-corrected chi connectivity index (χ4v) is 1.17. The van der Waals surface area contributed by atoms with E-state index < -0.39 is 0 Å². The highest BCUT2D eigenvalue weighted by molar-refractivity contribution is 6.04. The molecule has 0 atom stereocenters. The van der Waals surface area contributed by atoms with Gasteiger partial charge in [-0.1, -0.05) is 18.2 Å². The number of carbonyl (C=O) groups excluding carboxylic acids is 1. The minimum Gasteiger partial charge on any atom is -0.287 e. The number of hydrogen-bond donors (Lipinski definition) is 0. The topological polar surface area (TPSA) is 32.7 Å². The maximum Gasteiger partial charge on any atom is 0.348 e. The van der Waals surface area contributed by atoms with Crippen molar-refractivity contribution in [3.05, 3.63) is 30.3 Å². The summed E-state index contributed by atoms with van der Waals surface area (Å²) >= 11 is 0. The minimum atomic E-state index is -0.179. The molecule has 1 aromatic rings. The van der Waals surface area contributed by atoms with Gasteiger partial charge in [0.25, 0.3) is 0 Å². The predicted molar refractivity (Wildman–Crippen MR) is 47.7 cm³/mol. The number of carbonyl (C=O) groups is 1. The van der Waals surface area contributed by atoms with Crippen molar-refractivity contribution < 1.29 is 4.79 Å². The van der Waals surface area contributed by atoms with E-state index in [2.05, 4.69) is 4.99 Å². The summed E-state index contributed by atoms with van der Waals surface area (Å²) in [7, 11) is 0. The van der Waals surface area contributed by atoms with Crippen molar-refractivity contribution in [2.24, 2.45) is 4.99 Å². The smallest absolute Gasteiger partial charge is 0.287 e. The summed E-state index contributed by atoms with van der Waals surface area (Å²) in [5.41, 5.74) is 0.903. The Morgan fingerprint density at radius 1 is 1.25 bits per heavy atom. The lowest BCUT2D eigenvalue weighted by Crippen LogP contribution is -2.23. The first-order chi connectivity index (χ1) is 5.88. The highest BCUT2D eigenvalue weighted by Crippen LogP contribution is 2.15. The standard InChI is InChI=1S/C9H8N2O/c12-9-10-6-7-11(9)8-4-2-1-3-5-8/h1-6H,7H2. The Morgan fingerprint density at radius 3 is 2.58 bits per heavy atom. The largest absolute Gasteiger partial charge is 0.348 e. The normalized spacial score (nSPS) is 15.7. The van der Waals surface area contributed by atoms with Gasteiger partial charge in [-0.3, -0.25) is 4.90 Å². The first-order valence-electron chi connectivity index (χ1n) is 3.77. The average Bonchev–Trinajstić information content (AvgIpc) is 2.53. The molecule has 3 nitrogen and oxygen atoms in total. The Bertz CT molecular complexity index is 319. The molecule has 1 aliphatic rings. The summed E-state index contributed by atoms with van der Waals surface area (Å²) in [5.74, 6) is 0. The lowest BCUT2D eigenvalue weighted by Gasteiger charge is -2.12. The van der Waals surface area contributed by atoms with Gasteiger partial charge in [0.1, 0.15) is 0 Å². The molecule has 0 bridgehead atoms. The summed E-state index contributed by atoms with van der Waals surface area (Å²) in [5, 5.41) is 0. The molecule has 1 aromatic carbocycles. The van der Waals surface area contributed by atoms with Crippen LogP contribution in [-0.2, 0) is 0 Å². The summed E-state index contributed by atoms with van der Waals surface area (Å²) < 4.78 is 0. The molecule has 0 aromatic heterocycles. The molecule has 12 heavy (non-hydrogen) atoms. The number of anilines is 1. The van der Waals surface area contributed by atoms with Crippen LogP contribution in [-0.4, -0.2) is 18.8 Å². The third-order valence-electron chi connectivity index (χ3n) is 1.76. The Morgan fingerprint density at radius 2 is 2.00 bits per heavy atom. The van der Waals surface area contributed by atoms with Crippen LogP contribution in [0.25, 0.3) is 0 Å². The molecule has 0 N–H and O–H groups in total. The van der Waals surface area contributed by atoms with E-state index in [9.17, 15) is 4.79 Å². The fourth-order valence-electron chi connectivity index (χ4n) is 1.17. The highest BCUT2D eigenvalue weighted by atomic mass is 16.2. The maximum atomic E-state index is 11.1. The van der Waals surface area contributed by atoms with E-state index in [4.69, 9.17) is 0 Å². The van der Waals surface area contributed by atoms with Crippen molar-refractivity contribution in [2.45, 2.75) is 0 Å². The summed E-state index contributed by atoms with van der Waals surface area (Å²) in [6.45, 7) is 0.586. The van der Waals surface area contributed by atoms with E-state index in [0.717, 1.165) is 5.69 Å². The van der Waals surface area contributed by atoms with Crippen LogP contribution in [0.3, 0.4) is 0 Å². The lowest BCUT2D eigenvalue weighted by molar-refractivity contribution is 0.256. The molecule has 2 amide bonds. The Labute approximate surface area is 70.3 Å². The zero-order valence-electron chi connectivity index (χ0n) is 6.47. The molecule has 60 valence electrons. The van der Waals surface area contributed by atoms with Gasteiger partial charge in [0.05, 0.1) is 6.54 Å². The second-order valence-corrected chi connectivity index (χ2v) is 2.54. The lowest BCUT2D eigenvalue weighted by atomic mass is 10.3. The molecule has 0 spiro atoms. The number of para-hydroxylation sites is 1. The van der Waals surface area contributed by atoms with Crippen LogP contribution in [0.5, 0.6) is 0 Å². The summed E-state index contributed by atoms with van der Waals surface area (Å²) in [6.07, 6.45) is 1.62. The van der Waals surface area contributed by atoms with Gasteiger partial charge in [-0.25, -0.2) is 9.79 Å². The zero-order chi connectivity index (χ0) is 8.39. The van der Waals surface area contributed by atoms with Crippen molar-refractivity contribution in [1.29, 1.82) is 0 Å². The Balaban J connectivity index is 2.27. The number of rotatable bonds is 1.